The van der Waals surface area contributed by atoms with Gasteiger partial charge in [-0.05, 0) is 43.0 Å². The molecule has 1 fully saturated rings. The maximum absolute atomic E-state index is 12.1. The third-order valence-corrected chi connectivity index (χ3v) is 4.66. The summed E-state index contributed by atoms with van der Waals surface area (Å²) in [5.41, 5.74) is 2.97. The van der Waals surface area contributed by atoms with Crippen molar-refractivity contribution < 1.29 is 4.79 Å². The van der Waals surface area contributed by atoms with Crippen molar-refractivity contribution in [1.82, 2.24) is 10.2 Å². The van der Waals surface area contributed by atoms with E-state index in [4.69, 9.17) is 12.2 Å². The first-order chi connectivity index (χ1) is 13.1. The van der Waals surface area contributed by atoms with Crippen molar-refractivity contribution in [2.24, 2.45) is 0 Å². The van der Waals surface area contributed by atoms with E-state index in [1.807, 2.05) is 48.5 Å². The van der Waals surface area contributed by atoms with Crippen LogP contribution in [0, 0.1) is 0 Å². The molecule has 27 heavy (non-hydrogen) atoms. The molecule has 2 aromatic rings. The summed E-state index contributed by atoms with van der Waals surface area (Å²) in [6.07, 6.45) is 3.24. The minimum Gasteiger partial charge on any atom is -0.367 e. The second-order valence-corrected chi connectivity index (χ2v) is 6.90. The third kappa shape index (κ3) is 5.64. The zero-order valence-corrected chi connectivity index (χ0v) is 16.2. The fourth-order valence-electron chi connectivity index (χ4n) is 2.95. The van der Waals surface area contributed by atoms with Gasteiger partial charge in [0, 0.05) is 32.3 Å². The van der Waals surface area contributed by atoms with Crippen molar-refractivity contribution in [3.05, 3.63) is 66.2 Å². The number of thiocarbonyl (C=S) groups is 1. The number of para-hydroxylation sites is 2. The average Bonchev–Trinajstić information content (AvgIpc) is 2.68. The quantitative estimate of drug-likeness (QED) is 0.631. The van der Waals surface area contributed by atoms with Gasteiger partial charge in [-0.2, -0.15) is 0 Å². The van der Waals surface area contributed by atoms with Crippen molar-refractivity contribution in [1.29, 1.82) is 0 Å². The molecule has 0 aliphatic carbocycles. The van der Waals surface area contributed by atoms with Crippen LogP contribution in [-0.4, -0.2) is 49.1 Å². The molecule has 0 atom stereocenters. The maximum atomic E-state index is 12.1. The highest BCUT2D eigenvalue weighted by Crippen LogP contribution is 2.26. The zero-order chi connectivity index (χ0) is 19.1. The Morgan fingerprint density at radius 2 is 1.67 bits per heavy atom. The molecule has 0 spiro atoms. The van der Waals surface area contributed by atoms with Gasteiger partial charge in [0.05, 0.1) is 11.4 Å². The predicted octanol–water partition coefficient (Wildman–Crippen LogP) is 2.96. The van der Waals surface area contributed by atoms with Crippen LogP contribution in [0.3, 0.4) is 0 Å². The SMILES string of the molecule is CN1CCN(c2ccccc2NC(=S)NC(=O)C=Cc2ccccc2)CC1. The molecular formula is C21H24N4OS. The molecule has 140 valence electrons. The van der Waals surface area contributed by atoms with Crippen molar-refractivity contribution >= 4 is 40.7 Å². The fourth-order valence-corrected chi connectivity index (χ4v) is 3.16. The number of anilines is 2. The molecule has 1 saturated heterocycles. The third-order valence-electron chi connectivity index (χ3n) is 4.46. The lowest BCUT2D eigenvalue weighted by molar-refractivity contribution is -0.115. The van der Waals surface area contributed by atoms with Crippen LogP contribution in [0.5, 0.6) is 0 Å². The van der Waals surface area contributed by atoms with Crippen LogP contribution in [0.1, 0.15) is 5.56 Å². The Kier molecular flexibility index (Phi) is 6.57. The Balaban J connectivity index is 1.59. The highest BCUT2D eigenvalue weighted by Gasteiger charge is 2.17. The summed E-state index contributed by atoms with van der Waals surface area (Å²) in [6.45, 7) is 3.99. The van der Waals surface area contributed by atoms with Crippen LogP contribution >= 0.6 is 12.2 Å². The number of piperazine rings is 1. The minimum atomic E-state index is -0.256. The normalized spacial score (nSPS) is 14.9. The Bertz CT molecular complexity index is 814. The van der Waals surface area contributed by atoms with Gasteiger partial charge in [0.25, 0.3) is 0 Å². The van der Waals surface area contributed by atoms with Gasteiger partial charge in [-0.15, -0.1) is 0 Å². The van der Waals surface area contributed by atoms with E-state index in [1.165, 1.54) is 6.08 Å². The van der Waals surface area contributed by atoms with E-state index in [2.05, 4.69) is 33.5 Å². The standard InChI is InChI=1S/C21H24N4OS/c1-24-13-15-25(16-14-24)19-10-6-5-9-18(19)22-21(27)23-20(26)12-11-17-7-3-2-4-8-17/h2-12H,13-16H2,1H3,(H2,22,23,26,27). The molecule has 2 aromatic carbocycles. The molecule has 1 heterocycles. The zero-order valence-electron chi connectivity index (χ0n) is 15.4. The van der Waals surface area contributed by atoms with E-state index < -0.39 is 0 Å². The van der Waals surface area contributed by atoms with E-state index in [1.54, 1.807) is 6.08 Å². The van der Waals surface area contributed by atoms with E-state index in [9.17, 15) is 4.79 Å². The van der Waals surface area contributed by atoms with Crippen LogP contribution in [-0.2, 0) is 4.79 Å². The van der Waals surface area contributed by atoms with Gasteiger partial charge < -0.3 is 15.1 Å². The fraction of sp³-hybridized carbons (Fsp3) is 0.238. The Morgan fingerprint density at radius 1 is 1.00 bits per heavy atom. The molecule has 0 bridgehead atoms. The predicted molar refractivity (Wildman–Crippen MR) is 116 cm³/mol. The number of benzene rings is 2. The van der Waals surface area contributed by atoms with Crippen molar-refractivity contribution in [2.45, 2.75) is 0 Å². The van der Waals surface area contributed by atoms with E-state index in [0.29, 0.717) is 5.11 Å². The monoisotopic (exact) mass is 380 g/mol. The minimum absolute atomic E-state index is 0.256. The average molecular weight is 381 g/mol. The molecule has 1 aliphatic heterocycles. The lowest BCUT2D eigenvalue weighted by atomic mass is 10.2. The van der Waals surface area contributed by atoms with Crippen LogP contribution in [0.15, 0.2) is 60.7 Å². The molecule has 2 N–H and O–H groups in total. The Morgan fingerprint density at radius 3 is 2.41 bits per heavy atom. The van der Waals surface area contributed by atoms with Gasteiger partial charge in [0.1, 0.15) is 0 Å². The number of likely N-dealkylation sites (N-methyl/N-ethyl adjacent to an activating group) is 1. The molecule has 0 aromatic heterocycles. The van der Waals surface area contributed by atoms with Crippen molar-refractivity contribution in [2.75, 3.05) is 43.4 Å². The van der Waals surface area contributed by atoms with Crippen LogP contribution in [0.25, 0.3) is 6.08 Å². The lowest BCUT2D eigenvalue weighted by Gasteiger charge is -2.35. The summed E-state index contributed by atoms with van der Waals surface area (Å²) in [4.78, 5) is 16.7. The number of amides is 1. The summed E-state index contributed by atoms with van der Waals surface area (Å²) in [6, 6.07) is 17.7. The summed E-state index contributed by atoms with van der Waals surface area (Å²) in [5.74, 6) is -0.256. The second-order valence-electron chi connectivity index (χ2n) is 6.49. The molecule has 6 heteroatoms. The molecular weight excluding hydrogens is 356 g/mol. The number of hydrogen-bond donors (Lipinski definition) is 2. The van der Waals surface area contributed by atoms with Gasteiger partial charge >= 0.3 is 0 Å². The van der Waals surface area contributed by atoms with E-state index >= 15 is 0 Å². The van der Waals surface area contributed by atoms with Gasteiger partial charge in [-0.3, -0.25) is 10.1 Å². The molecule has 0 unspecified atom stereocenters. The molecule has 0 saturated carbocycles. The van der Waals surface area contributed by atoms with Crippen molar-refractivity contribution in [3.8, 4) is 0 Å². The second kappa shape index (κ2) is 9.30. The number of nitrogens with zero attached hydrogens (tertiary/aromatic N) is 2. The topological polar surface area (TPSA) is 47.6 Å². The summed E-state index contributed by atoms with van der Waals surface area (Å²) >= 11 is 5.32. The molecule has 0 radical (unpaired) electrons. The first-order valence-electron chi connectivity index (χ1n) is 8.99. The first kappa shape index (κ1) is 19.1. The summed E-state index contributed by atoms with van der Waals surface area (Å²) < 4.78 is 0. The van der Waals surface area contributed by atoms with Crippen molar-refractivity contribution in [3.63, 3.8) is 0 Å². The highest BCUT2D eigenvalue weighted by molar-refractivity contribution is 7.80. The van der Waals surface area contributed by atoms with E-state index in [0.717, 1.165) is 43.1 Å². The lowest BCUT2D eigenvalue weighted by Crippen LogP contribution is -2.45. The number of carbonyl (C=O) groups excluding carboxylic acids is 1. The highest BCUT2D eigenvalue weighted by atomic mass is 32.1. The van der Waals surface area contributed by atoms with Crippen LogP contribution in [0.2, 0.25) is 0 Å². The number of hydrogen-bond acceptors (Lipinski definition) is 4. The molecule has 3 rings (SSSR count). The smallest absolute Gasteiger partial charge is 0.250 e. The number of carbonyl (C=O) groups is 1. The van der Waals surface area contributed by atoms with Gasteiger partial charge in [-0.25, -0.2) is 0 Å². The largest absolute Gasteiger partial charge is 0.367 e. The molecule has 1 aliphatic rings. The van der Waals surface area contributed by atoms with Gasteiger partial charge in [0.15, 0.2) is 5.11 Å². The Labute approximate surface area is 165 Å². The first-order valence-corrected chi connectivity index (χ1v) is 9.40. The number of rotatable bonds is 4. The van der Waals surface area contributed by atoms with Crippen LogP contribution in [0.4, 0.5) is 11.4 Å². The molecule has 1 amide bonds. The van der Waals surface area contributed by atoms with Crippen LogP contribution < -0.4 is 15.5 Å². The number of nitrogens with one attached hydrogen (secondary N) is 2. The van der Waals surface area contributed by atoms with Gasteiger partial charge in [-0.1, -0.05) is 42.5 Å². The van der Waals surface area contributed by atoms with E-state index in [-0.39, 0.29) is 5.91 Å². The summed E-state index contributed by atoms with van der Waals surface area (Å²) in [5, 5.41) is 6.15. The summed E-state index contributed by atoms with van der Waals surface area (Å²) in [7, 11) is 2.13. The molecule has 5 nitrogen and oxygen atoms in total. The maximum Gasteiger partial charge on any atom is 0.250 e. The Hall–Kier alpha value is -2.70. The van der Waals surface area contributed by atoms with Gasteiger partial charge in [0.2, 0.25) is 5.91 Å².